The third-order valence-corrected chi connectivity index (χ3v) is 4.69. The van der Waals surface area contributed by atoms with Crippen molar-refractivity contribution < 1.29 is 0 Å². The number of hydrogen-bond acceptors (Lipinski definition) is 1. The molecule has 2 atom stereocenters. The zero-order valence-electron chi connectivity index (χ0n) is 9.04. The first-order valence-corrected chi connectivity index (χ1v) is 6.63. The van der Waals surface area contributed by atoms with Crippen LogP contribution in [0, 0.1) is 0 Å². The molecule has 0 bridgehead atoms. The van der Waals surface area contributed by atoms with E-state index in [1.165, 1.54) is 17.5 Å². The van der Waals surface area contributed by atoms with Crippen molar-refractivity contribution in [3.63, 3.8) is 0 Å². The Morgan fingerprint density at radius 2 is 1.06 bits per heavy atom. The Morgan fingerprint density at radius 3 is 1.44 bits per heavy atom. The van der Waals surface area contributed by atoms with Gasteiger partial charge in [0.1, 0.15) is 0 Å². The normalized spacial score (nSPS) is 23.8. The van der Waals surface area contributed by atoms with Gasteiger partial charge in [-0.05, 0) is 17.5 Å². The van der Waals surface area contributed by atoms with Gasteiger partial charge in [-0.15, -0.1) is 11.8 Å². The van der Waals surface area contributed by atoms with E-state index in [0.717, 1.165) is 0 Å². The predicted molar refractivity (Wildman–Crippen MR) is 70.6 cm³/mol. The zero-order valence-corrected chi connectivity index (χ0v) is 9.86. The lowest BCUT2D eigenvalue weighted by molar-refractivity contribution is 0.720. The van der Waals surface area contributed by atoms with Crippen molar-refractivity contribution in [3.05, 3.63) is 71.8 Å². The van der Waals surface area contributed by atoms with Crippen LogP contribution < -0.4 is 0 Å². The minimum absolute atomic E-state index is 0.700. The number of rotatable bonds is 2. The van der Waals surface area contributed by atoms with Gasteiger partial charge in [0.05, 0.1) is 0 Å². The summed E-state index contributed by atoms with van der Waals surface area (Å²) in [5, 5.41) is 1.40. The van der Waals surface area contributed by atoms with Gasteiger partial charge in [0.15, 0.2) is 0 Å². The van der Waals surface area contributed by atoms with Gasteiger partial charge >= 0.3 is 0 Å². The molecule has 0 aromatic heterocycles. The number of benzene rings is 2. The van der Waals surface area contributed by atoms with E-state index in [-0.39, 0.29) is 0 Å². The summed E-state index contributed by atoms with van der Waals surface area (Å²) in [5.41, 5.74) is 2.94. The first-order chi connectivity index (χ1) is 7.93. The summed E-state index contributed by atoms with van der Waals surface area (Å²) < 4.78 is 0. The Kier molecular flexibility index (Phi) is 2.71. The molecule has 2 aromatic carbocycles. The van der Waals surface area contributed by atoms with Gasteiger partial charge in [0.2, 0.25) is 0 Å². The number of thioether (sulfide) groups is 1. The van der Waals surface area contributed by atoms with Gasteiger partial charge in [-0.3, -0.25) is 0 Å². The van der Waals surface area contributed by atoms with Crippen molar-refractivity contribution in [2.45, 2.75) is 16.9 Å². The second-order valence-corrected chi connectivity index (χ2v) is 5.58. The molecule has 2 aromatic rings. The van der Waals surface area contributed by atoms with Crippen LogP contribution in [0.3, 0.4) is 0 Å². The summed E-state index contributed by atoms with van der Waals surface area (Å²) in [4.78, 5) is 0. The van der Waals surface area contributed by atoms with E-state index in [2.05, 4.69) is 72.4 Å². The minimum Gasteiger partial charge on any atom is -0.145 e. The van der Waals surface area contributed by atoms with E-state index in [4.69, 9.17) is 0 Å². The third-order valence-electron chi connectivity index (χ3n) is 3.10. The molecule has 1 heterocycles. The summed E-state index contributed by atoms with van der Waals surface area (Å²) in [6, 6.07) is 21.6. The van der Waals surface area contributed by atoms with Crippen molar-refractivity contribution in [1.29, 1.82) is 0 Å². The maximum atomic E-state index is 2.24. The standard InChI is InChI=1S/C15H14S/c1-3-7-12(8-4-1)14-11-15(16-14)13-9-5-2-6-10-13/h1-10,14-15H,11H2/t14-,15+. The second-order valence-electron chi connectivity index (χ2n) is 4.17. The van der Waals surface area contributed by atoms with Crippen LogP contribution in [0.25, 0.3) is 0 Å². The van der Waals surface area contributed by atoms with E-state index in [0.29, 0.717) is 10.5 Å². The lowest BCUT2D eigenvalue weighted by Gasteiger charge is -2.35. The van der Waals surface area contributed by atoms with Gasteiger partial charge in [0, 0.05) is 10.5 Å². The summed E-state index contributed by atoms with van der Waals surface area (Å²) >= 11 is 2.08. The van der Waals surface area contributed by atoms with Crippen LogP contribution in [0.2, 0.25) is 0 Å². The van der Waals surface area contributed by atoms with E-state index >= 15 is 0 Å². The van der Waals surface area contributed by atoms with Crippen LogP contribution >= 0.6 is 11.8 Å². The van der Waals surface area contributed by atoms with E-state index in [9.17, 15) is 0 Å². The molecule has 0 radical (unpaired) electrons. The fraction of sp³-hybridized carbons (Fsp3) is 0.200. The van der Waals surface area contributed by atoms with Crippen molar-refractivity contribution in [1.82, 2.24) is 0 Å². The highest BCUT2D eigenvalue weighted by Crippen LogP contribution is 2.56. The summed E-state index contributed by atoms with van der Waals surface area (Å²) in [6.45, 7) is 0. The molecule has 1 aliphatic rings. The molecule has 3 rings (SSSR count). The van der Waals surface area contributed by atoms with E-state index < -0.39 is 0 Å². The largest absolute Gasteiger partial charge is 0.145 e. The highest BCUT2D eigenvalue weighted by Gasteiger charge is 2.31. The Morgan fingerprint density at radius 1 is 0.688 bits per heavy atom. The lowest BCUT2D eigenvalue weighted by Crippen LogP contribution is -2.12. The van der Waals surface area contributed by atoms with Crippen LogP contribution in [0.1, 0.15) is 28.0 Å². The predicted octanol–water partition coefficient (Wildman–Crippen LogP) is 4.61. The average Bonchev–Trinajstić information content (AvgIpc) is 2.30. The SMILES string of the molecule is c1ccc([C@@H]2C[C@H](c3ccccc3)S2)cc1. The highest BCUT2D eigenvalue weighted by molar-refractivity contribution is 8.01. The third kappa shape index (κ3) is 1.88. The molecule has 0 spiro atoms. The molecule has 1 fully saturated rings. The van der Waals surface area contributed by atoms with Crippen LogP contribution in [-0.2, 0) is 0 Å². The topological polar surface area (TPSA) is 0 Å². The van der Waals surface area contributed by atoms with Gasteiger partial charge in [-0.2, -0.15) is 0 Å². The Labute approximate surface area is 101 Å². The monoisotopic (exact) mass is 226 g/mol. The Bertz CT molecular complexity index is 400. The maximum Gasteiger partial charge on any atom is 0.0317 e. The average molecular weight is 226 g/mol. The molecule has 80 valence electrons. The highest BCUT2D eigenvalue weighted by atomic mass is 32.2. The van der Waals surface area contributed by atoms with Crippen LogP contribution in [0.4, 0.5) is 0 Å². The van der Waals surface area contributed by atoms with Crippen LogP contribution in [-0.4, -0.2) is 0 Å². The second kappa shape index (κ2) is 4.34. The molecule has 16 heavy (non-hydrogen) atoms. The molecule has 1 aliphatic heterocycles. The molecule has 0 aliphatic carbocycles. The molecule has 0 amide bonds. The first-order valence-electron chi connectivity index (χ1n) is 5.69. The molecule has 0 saturated carbocycles. The molecule has 0 unspecified atom stereocenters. The molecule has 0 nitrogen and oxygen atoms in total. The maximum absolute atomic E-state index is 2.24. The Hall–Kier alpha value is -1.21. The fourth-order valence-corrected chi connectivity index (χ4v) is 3.42. The zero-order chi connectivity index (χ0) is 10.8. The molecule has 0 N–H and O–H groups in total. The van der Waals surface area contributed by atoms with Gasteiger partial charge in [-0.1, -0.05) is 60.7 Å². The minimum atomic E-state index is 0.700. The summed E-state index contributed by atoms with van der Waals surface area (Å²) in [7, 11) is 0. The van der Waals surface area contributed by atoms with E-state index in [1.807, 2.05) is 0 Å². The van der Waals surface area contributed by atoms with Crippen molar-refractivity contribution in [2.75, 3.05) is 0 Å². The van der Waals surface area contributed by atoms with Crippen LogP contribution in [0.15, 0.2) is 60.7 Å². The first kappa shape index (κ1) is 9.98. The van der Waals surface area contributed by atoms with Gasteiger partial charge < -0.3 is 0 Å². The molecular weight excluding hydrogens is 212 g/mol. The van der Waals surface area contributed by atoms with Crippen molar-refractivity contribution in [3.8, 4) is 0 Å². The van der Waals surface area contributed by atoms with Crippen molar-refractivity contribution >= 4 is 11.8 Å². The molecular formula is C15H14S. The molecule has 1 heteroatoms. The molecule has 1 saturated heterocycles. The van der Waals surface area contributed by atoms with Crippen LogP contribution in [0.5, 0.6) is 0 Å². The fourth-order valence-electron chi connectivity index (χ4n) is 2.15. The quantitative estimate of drug-likeness (QED) is 0.720. The smallest absolute Gasteiger partial charge is 0.0317 e. The van der Waals surface area contributed by atoms with Gasteiger partial charge in [0.25, 0.3) is 0 Å². The summed E-state index contributed by atoms with van der Waals surface area (Å²) in [5.74, 6) is 0. The Balaban J connectivity index is 1.68. The number of hydrogen-bond donors (Lipinski definition) is 0. The van der Waals surface area contributed by atoms with Crippen molar-refractivity contribution in [2.24, 2.45) is 0 Å². The van der Waals surface area contributed by atoms with E-state index in [1.54, 1.807) is 0 Å². The lowest BCUT2D eigenvalue weighted by atomic mass is 10.0. The summed E-state index contributed by atoms with van der Waals surface area (Å²) in [6.07, 6.45) is 1.28. The van der Waals surface area contributed by atoms with Gasteiger partial charge in [-0.25, -0.2) is 0 Å².